The van der Waals surface area contributed by atoms with Gasteiger partial charge in [0.2, 0.25) is 0 Å². The van der Waals surface area contributed by atoms with Gasteiger partial charge in [-0.05, 0) is 38.6 Å². The maximum atomic E-state index is 5.66. The molecule has 1 atom stereocenters. The van der Waals surface area contributed by atoms with Crippen LogP contribution in [0.3, 0.4) is 0 Å². The molecule has 2 nitrogen and oxygen atoms in total. The molecule has 1 aliphatic heterocycles. The molecule has 1 saturated heterocycles. The van der Waals surface area contributed by atoms with Gasteiger partial charge in [-0.15, -0.1) is 6.58 Å². The van der Waals surface area contributed by atoms with E-state index in [1.54, 1.807) is 0 Å². The summed E-state index contributed by atoms with van der Waals surface area (Å²) in [6, 6.07) is 0.618. The fraction of sp³-hybridized carbons (Fsp3) is 0.846. The van der Waals surface area contributed by atoms with Crippen LogP contribution in [0, 0.1) is 0 Å². The van der Waals surface area contributed by atoms with Gasteiger partial charge in [-0.1, -0.05) is 18.9 Å². The van der Waals surface area contributed by atoms with E-state index in [1.165, 1.54) is 45.1 Å². The number of allylic oxidation sites excluding steroid dienone is 1. The summed E-state index contributed by atoms with van der Waals surface area (Å²) >= 11 is 0. The first kappa shape index (κ1) is 12.7. The molecule has 0 spiro atoms. The number of unbranched alkanes of at least 4 members (excludes halogenated alkanes) is 3. The number of rotatable bonds is 8. The van der Waals surface area contributed by atoms with E-state index in [4.69, 9.17) is 4.74 Å². The quantitative estimate of drug-likeness (QED) is 0.492. The van der Waals surface area contributed by atoms with Gasteiger partial charge < -0.3 is 10.1 Å². The predicted molar refractivity (Wildman–Crippen MR) is 65.1 cm³/mol. The molecule has 1 unspecified atom stereocenters. The van der Waals surface area contributed by atoms with Gasteiger partial charge in [0.15, 0.2) is 0 Å². The molecule has 0 aromatic carbocycles. The minimum absolute atomic E-state index is 0.618. The molecule has 0 aromatic heterocycles. The van der Waals surface area contributed by atoms with Crippen LogP contribution in [0.15, 0.2) is 12.7 Å². The maximum Gasteiger partial charge on any atom is 0.0619 e. The van der Waals surface area contributed by atoms with Crippen LogP contribution in [0.5, 0.6) is 0 Å². The standard InChI is InChI=1S/C13H25NO/c1-2-3-4-5-8-11-15-12-13-9-6-7-10-14-13/h2,13-14H,1,3-12H2. The minimum Gasteiger partial charge on any atom is -0.380 e. The molecule has 0 aromatic rings. The highest BCUT2D eigenvalue weighted by atomic mass is 16.5. The van der Waals surface area contributed by atoms with Gasteiger partial charge in [0, 0.05) is 12.6 Å². The number of hydrogen-bond acceptors (Lipinski definition) is 2. The lowest BCUT2D eigenvalue weighted by molar-refractivity contribution is 0.0999. The Labute approximate surface area is 94.1 Å². The Morgan fingerprint density at radius 2 is 2.20 bits per heavy atom. The van der Waals surface area contributed by atoms with Crippen molar-refractivity contribution < 1.29 is 4.74 Å². The number of piperidine rings is 1. The molecule has 15 heavy (non-hydrogen) atoms. The highest BCUT2D eigenvalue weighted by molar-refractivity contribution is 4.71. The van der Waals surface area contributed by atoms with Crippen LogP contribution >= 0.6 is 0 Å². The van der Waals surface area contributed by atoms with Gasteiger partial charge in [-0.3, -0.25) is 0 Å². The Morgan fingerprint density at radius 3 is 2.93 bits per heavy atom. The fourth-order valence-electron chi connectivity index (χ4n) is 1.96. The number of nitrogens with one attached hydrogen (secondary N) is 1. The number of ether oxygens (including phenoxy) is 1. The van der Waals surface area contributed by atoms with Gasteiger partial charge in [0.05, 0.1) is 6.61 Å². The van der Waals surface area contributed by atoms with Crippen molar-refractivity contribution in [1.82, 2.24) is 5.32 Å². The third-order valence-electron chi connectivity index (χ3n) is 2.93. The van der Waals surface area contributed by atoms with E-state index in [-0.39, 0.29) is 0 Å². The van der Waals surface area contributed by atoms with Crippen molar-refractivity contribution in [2.75, 3.05) is 19.8 Å². The Balaban J connectivity index is 1.81. The van der Waals surface area contributed by atoms with Crippen LogP contribution in [0.1, 0.15) is 44.9 Å². The van der Waals surface area contributed by atoms with Crippen LogP contribution < -0.4 is 5.32 Å². The van der Waals surface area contributed by atoms with E-state index < -0.39 is 0 Å². The Morgan fingerprint density at radius 1 is 1.27 bits per heavy atom. The van der Waals surface area contributed by atoms with E-state index in [2.05, 4.69) is 11.9 Å². The largest absolute Gasteiger partial charge is 0.380 e. The topological polar surface area (TPSA) is 21.3 Å². The van der Waals surface area contributed by atoms with Crippen molar-refractivity contribution in [3.63, 3.8) is 0 Å². The van der Waals surface area contributed by atoms with Gasteiger partial charge >= 0.3 is 0 Å². The van der Waals surface area contributed by atoms with E-state index in [9.17, 15) is 0 Å². The average Bonchev–Trinajstić information content (AvgIpc) is 2.29. The average molecular weight is 211 g/mol. The summed E-state index contributed by atoms with van der Waals surface area (Å²) in [7, 11) is 0. The van der Waals surface area contributed by atoms with Crippen LogP contribution in [0.4, 0.5) is 0 Å². The summed E-state index contributed by atoms with van der Waals surface area (Å²) in [4.78, 5) is 0. The van der Waals surface area contributed by atoms with Gasteiger partial charge in [0.1, 0.15) is 0 Å². The van der Waals surface area contributed by atoms with Crippen LogP contribution in [-0.4, -0.2) is 25.8 Å². The van der Waals surface area contributed by atoms with Gasteiger partial charge in [-0.25, -0.2) is 0 Å². The molecule has 1 aliphatic rings. The Hall–Kier alpha value is -0.340. The van der Waals surface area contributed by atoms with E-state index >= 15 is 0 Å². The van der Waals surface area contributed by atoms with E-state index in [0.717, 1.165) is 19.6 Å². The SMILES string of the molecule is C=CCCCCCOCC1CCCCN1. The predicted octanol–water partition coefficient (Wildman–Crippen LogP) is 2.89. The zero-order valence-corrected chi connectivity index (χ0v) is 9.84. The molecule has 1 heterocycles. The second kappa shape index (κ2) is 8.93. The molecular formula is C13H25NO. The Kier molecular flexibility index (Phi) is 7.58. The smallest absolute Gasteiger partial charge is 0.0619 e. The summed E-state index contributed by atoms with van der Waals surface area (Å²) in [5, 5.41) is 3.49. The molecular weight excluding hydrogens is 186 g/mol. The molecule has 1 N–H and O–H groups in total. The highest BCUT2D eigenvalue weighted by Gasteiger charge is 2.11. The minimum atomic E-state index is 0.618. The summed E-state index contributed by atoms with van der Waals surface area (Å²) in [6.45, 7) is 6.72. The van der Waals surface area contributed by atoms with Crippen LogP contribution in [0.25, 0.3) is 0 Å². The van der Waals surface area contributed by atoms with Crippen molar-refractivity contribution in [3.05, 3.63) is 12.7 Å². The highest BCUT2D eigenvalue weighted by Crippen LogP contribution is 2.07. The van der Waals surface area contributed by atoms with Gasteiger partial charge in [-0.2, -0.15) is 0 Å². The van der Waals surface area contributed by atoms with Crippen LogP contribution in [-0.2, 0) is 4.74 Å². The van der Waals surface area contributed by atoms with Crippen LogP contribution in [0.2, 0.25) is 0 Å². The molecule has 0 amide bonds. The second-order valence-corrected chi connectivity index (χ2v) is 4.36. The lowest BCUT2D eigenvalue weighted by Gasteiger charge is -2.23. The third-order valence-corrected chi connectivity index (χ3v) is 2.93. The maximum absolute atomic E-state index is 5.66. The van der Waals surface area contributed by atoms with Crippen molar-refractivity contribution in [3.8, 4) is 0 Å². The molecule has 0 bridgehead atoms. The van der Waals surface area contributed by atoms with Crippen molar-refractivity contribution in [1.29, 1.82) is 0 Å². The summed E-state index contributed by atoms with van der Waals surface area (Å²) in [6.07, 6.45) is 10.8. The number of hydrogen-bond donors (Lipinski definition) is 1. The van der Waals surface area contributed by atoms with Crippen molar-refractivity contribution in [2.45, 2.75) is 51.0 Å². The molecule has 88 valence electrons. The third kappa shape index (κ3) is 6.69. The Bertz CT molecular complexity index is 153. The first-order chi connectivity index (χ1) is 7.43. The fourth-order valence-corrected chi connectivity index (χ4v) is 1.96. The van der Waals surface area contributed by atoms with Crippen molar-refractivity contribution in [2.24, 2.45) is 0 Å². The molecule has 0 radical (unpaired) electrons. The normalized spacial score (nSPS) is 21.5. The van der Waals surface area contributed by atoms with E-state index in [1.807, 2.05) is 6.08 Å². The zero-order chi connectivity index (χ0) is 10.8. The zero-order valence-electron chi connectivity index (χ0n) is 9.84. The first-order valence-electron chi connectivity index (χ1n) is 6.35. The lowest BCUT2D eigenvalue weighted by Crippen LogP contribution is -2.37. The second-order valence-electron chi connectivity index (χ2n) is 4.36. The van der Waals surface area contributed by atoms with Crippen molar-refractivity contribution >= 4 is 0 Å². The molecule has 2 heteroatoms. The first-order valence-corrected chi connectivity index (χ1v) is 6.35. The molecule has 1 rings (SSSR count). The summed E-state index contributed by atoms with van der Waals surface area (Å²) < 4.78 is 5.66. The monoisotopic (exact) mass is 211 g/mol. The lowest BCUT2D eigenvalue weighted by atomic mass is 10.1. The molecule has 0 saturated carbocycles. The van der Waals surface area contributed by atoms with E-state index in [0.29, 0.717) is 6.04 Å². The molecule has 0 aliphatic carbocycles. The molecule has 1 fully saturated rings. The van der Waals surface area contributed by atoms with Gasteiger partial charge in [0.25, 0.3) is 0 Å². The summed E-state index contributed by atoms with van der Waals surface area (Å²) in [5.74, 6) is 0. The summed E-state index contributed by atoms with van der Waals surface area (Å²) in [5.41, 5.74) is 0.